The Morgan fingerprint density at radius 2 is 1.03 bits per heavy atom. The molecule has 14 aliphatic rings. The van der Waals surface area contributed by atoms with E-state index < -0.39 is 47.6 Å². The lowest BCUT2D eigenvalue weighted by Gasteiger charge is -2.62. The lowest BCUT2D eigenvalue weighted by molar-refractivity contribution is -0.186. The third kappa shape index (κ3) is 8.93. The molecule has 4 fully saturated rings. The van der Waals surface area contributed by atoms with Gasteiger partial charge in [-0.3, -0.25) is 30.2 Å². The molecule has 0 saturated carbocycles. The fraction of sp³-hybridized carbons (Fsp3) is 0.468. The van der Waals surface area contributed by atoms with Crippen LogP contribution in [0.1, 0.15) is 135 Å². The van der Waals surface area contributed by atoms with Crippen LogP contribution in [0, 0.1) is 41.5 Å². The number of ether oxygens (including phenoxy) is 8. The molecule has 544 valence electrons. The molecule has 23 nitrogen and oxygen atoms in total. The number of likely N-dealkylation sites (N-methyl/N-ethyl adjacent to an activating group) is 2. The largest absolute Gasteiger partial charge is 0.504 e. The number of furan rings is 2. The Morgan fingerprint density at radius 1 is 0.577 bits per heavy atom. The summed E-state index contributed by atoms with van der Waals surface area (Å²) in [5, 5.41) is 57.7. The first-order chi connectivity index (χ1) is 50.2. The van der Waals surface area contributed by atoms with Gasteiger partial charge < -0.3 is 72.9 Å². The molecule has 8 N–H and O–H groups in total. The molecule has 15 atom stereocenters. The molecule has 104 heavy (non-hydrogen) atoms. The van der Waals surface area contributed by atoms with Crippen LogP contribution < -0.4 is 44.8 Å². The summed E-state index contributed by atoms with van der Waals surface area (Å²) < 4.78 is 62.3. The SMILES string of the molecule is COc1c(C)cc2c(c1O)[C@@H]1[C@@H]3[C@@H]4SC[C@]5(NCCc6c5oc5ccccc65)C(=O)OC[C@@H](c5c6c(c(C)c(C)c54)OCO6)N3[C@@H](O)[C@H](C2)N1C.COc1c(C)cc2c(c1O)[C@@H]1[C@@H]3[C@@H]4SC[C@]5(N[C@@H](CN)Cc6c5oc5ccccc65)C(=O)OC[C@@H](c5c6c(c(C)c(C)c54)OCO6)N3[C@@H](O)[C@H](C2)N1C. The summed E-state index contributed by atoms with van der Waals surface area (Å²) in [6.45, 7) is 13.3. The molecular weight excluding hydrogens is 1370 g/mol. The Kier molecular flexibility index (Phi) is 15.4. The predicted octanol–water partition coefficient (Wildman–Crippen LogP) is 8.98. The first-order valence-corrected chi connectivity index (χ1v) is 38.2. The van der Waals surface area contributed by atoms with E-state index >= 15 is 0 Å². The van der Waals surface area contributed by atoms with Gasteiger partial charge in [-0.25, -0.2) is 9.59 Å². The fourth-order valence-electron chi connectivity index (χ4n) is 20.7. The molecule has 0 amide bonds. The van der Waals surface area contributed by atoms with Crippen molar-refractivity contribution in [3.05, 3.63) is 161 Å². The average molecular weight is 1450 g/mol. The van der Waals surface area contributed by atoms with Crippen LogP contribution in [0.15, 0.2) is 69.5 Å². The Labute approximate surface area is 609 Å². The van der Waals surface area contributed by atoms with E-state index in [2.05, 4.69) is 76.1 Å². The Hall–Kier alpha value is -7.92. The summed E-state index contributed by atoms with van der Waals surface area (Å²) in [6, 6.07) is 16.7. The number of aliphatic hydroxyl groups is 2. The number of nitrogens with two attached hydrogens (primary N) is 1. The van der Waals surface area contributed by atoms with Crippen molar-refractivity contribution in [3.63, 3.8) is 0 Å². The molecule has 6 aromatic carbocycles. The van der Waals surface area contributed by atoms with Crippen LogP contribution in [0.2, 0.25) is 0 Å². The summed E-state index contributed by atoms with van der Waals surface area (Å²) in [5.74, 6) is 4.76. The number of piperazine rings is 2. The van der Waals surface area contributed by atoms with Crippen molar-refractivity contribution in [3.8, 4) is 46.0 Å². The molecule has 22 rings (SSSR count). The molecule has 0 radical (unpaired) electrons. The lowest BCUT2D eigenvalue weighted by Crippen LogP contribution is -2.70. The van der Waals surface area contributed by atoms with Gasteiger partial charge in [-0.2, -0.15) is 0 Å². The molecule has 8 bridgehead atoms. The third-order valence-electron chi connectivity index (χ3n) is 25.6. The molecule has 0 aliphatic carbocycles. The lowest BCUT2D eigenvalue weighted by atomic mass is 9.72. The summed E-state index contributed by atoms with van der Waals surface area (Å²) in [4.78, 5) is 38.2. The number of nitrogens with zero attached hydrogens (tertiary/aromatic N) is 4. The standard InChI is InChI=1S/C40H44N4O8S.C39H41N3O8S/c1-17-10-20-11-24-38(46)44-25-14-49-39(47)40(37-23(12-21(13-41)42-40)22-8-6-7-9-26(22)52-37)15-53-36(27-18(2)19(3)34-35(29(25)27)51-16-50-34)31(44)30(43(24)4)28(20)32(45)33(17)48-5;1-17-12-20-13-23-37(44)42-24-14-47-38(45)39(36-22(10-11-40-39)21-8-6-7-9-25(21)50-36)15-51-35(26-18(2)19(3)33-34(28(24)26)49-16-48-33)30(42)29(41(23)4)27(20)31(43)32(17)46-5/h6-10,21,24-25,30-31,36,38,42,45-46H,11-16,41H2,1-5H3;6-9,12,23-24,29-30,35,37,40,43-44H,10-11,13-16H2,1-5H3/t21-,24+,25+,30-,31-,36-,38+,40-;23-,24-,29+,30+,35+,37-,39+/m10/s1. The van der Waals surface area contributed by atoms with Gasteiger partial charge in [0.2, 0.25) is 13.6 Å². The van der Waals surface area contributed by atoms with Gasteiger partial charge in [0.15, 0.2) is 57.1 Å². The molecule has 16 heterocycles. The Morgan fingerprint density at radius 3 is 1.52 bits per heavy atom. The highest BCUT2D eigenvalue weighted by Crippen LogP contribution is 2.66. The van der Waals surface area contributed by atoms with Crippen LogP contribution in [0.4, 0.5) is 0 Å². The number of rotatable bonds is 3. The fourth-order valence-corrected chi connectivity index (χ4v) is 24.2. The van der Waals surface area contributed by atoms with E-state index in [0.29, 0.717) is 89.7 Å². The van der Waals surface area contributed by atoms with Gasteiger partial charge in [0.25, 0.3) is 0 Å². The minimum absolute atomic E-state index is 0.0206. The van der Waals surface area contributed by atoms with Gasteiger partial charge in [0.05, 0.1) is 50.5 Å². The zero-order valence-corrected chi connectivity index (χ0v) is 61.3. The summed E-state index contributed by atoms with van der Waals surface area (Å²) in [7, 11) is 7.26. The normalized spacial score (nSPS) is 31.2. The second-order valence-electron chi connectivity index (χ2n) is 30.3. The van der Waals surface area contributed by atoms with Crippen LogP contribution in [0.25, 0.3) is 21.9 Å². The molecule has 2 aromatic heterocycles. The highest BCUT2D eigenvalue weighted by molar-refractivity contribution is 7.99. The van der Waals surface area contributed by atoms with Gasteiger partial charge in [-0.15, -0.1) is 23.5 Å². The molecule has 14 aliphatic heterocycles. The number of aromatic hydroxyl groups is 2. The van der Waals surface area contributed by atoms with Gasteiger partial charge in [0.1, 0.15) is 48.4 Å². The van der Waals surface area contributed by atoms with Gasteiger partial charge >= 0.3 is 11.9 Å². The van der Waals surface area contributed by atoms with Crippen LogP contribution in [-0.2, 0) is 55.8 Å². The number of methoxy groups -OCH3 is 2. The second-order valence-corrected chi connectivity index (χ2v) is 32.6. The third-order valence-corrected chi connectivity index (χ3v) is 28.5. The number of fused-ring (bicyclic) bond motifs is 22. The maximum absolute atomic E-state index is 14.9. The average Bonchev–Trinajstić information content (AvgIpc) is 0.948. The topological polar surface area (TPSA) is 278 Å². The van der Waals surface area contributed by atoms with Crippen LogP contribution in [0.3, 0.4) is 0 Å². The van der Waals surface area contributed by atoms with Gasteiger partial charge in [-0.05, 0) is 149 Å². The predicted molar refractivity (Wildman–Crippen MR) is 387 cm³/mol. The monoisotopic (exact) mass is 1450 g/mol. The van der Waals surface area contributed by atoms with E-state index in [0.717, 1.165) is 112 Å². The van der Waals surface area contributed by atoms with E-state index in [1.165, 1.54) is 0 Å². The minimum Gasteiger partial charge on any atom is -0.504 e. The Bertz CT molecular complexity index is 5000. The summed E-state index contributed by atoms with van der Waals surface area (Å²) in [6.07, 6.45) is 0.578. The molecule has 0 unspecified atom stereocenters. The van der Waals surface area contributed by atoms with Crippen molar-refractivity contribution in [1.82, 2.24) is 30.2 Å². The first-order valence-electron chi connectivity index (χ1n) is 36.1. The number of esters is 2. The van der Waals surface area contributed by atoms with E-state index in [1.54, 1.807) is 37.7 Å². The second kappa shape index (κ2) is 24.0. The molecule has 4 saturated heterocycles. The van der Waals surface area contributed by atoms with E-state index in [9.17, 15) is 30.0 Å². The molecule has 2 spiro atoms. The number of carbonyl (C=O) groups is 2. The van der Waals surface area contributed by atoms with E-state index in [1.807, 2.05) is 70.4 Å². The zero-order chi connectivity index (χ0) is 71.7. The van der Waals surface area contributed by atoms with Crippen molar-refractivity contribution < 1.29 is 76.7 Å². The summed E-state index contributed by atoms with van der Waals surface area (Å²) in [5.41, 5.74) is 20.7. The number of phenols is 2. The maximum Gasteiger partial charge on any atom is 0.335 e. The van der Waals surface area contributed by atoms with Crippen molar-refractivity contribution >= 4 is 57.4 Å². The van der Waals surface area contributed by atoms with Crippen molar-refractivity contribution in [2.45, 2.75) is 156 Å². The number of nitrogens with one attached hydrogen (secondary N) is 2. The zero-order valence-electron chi connectivity index (χ0n) is 59.6. The number of hydrogen-bond donors (Lipinski definition) is 7. The van der Waals surface area contributed by atoms with Crippen LogP contribution >= 0.6 is 23.5 Å². The number of thioether (sulfide) groups is 2. The highest BCUT2D eigenvalue weighted by atomic mass is 32.2. The molecule has 8 aromatic rings. The maximum atomic E-state index is 14.9. The number of para-hydroxylation sites is 2. The van der Waals surface area contributed by atoms with Gasteiger partial charge in [0, 0.05) is 97.4 Å². The van der Waals surface area contributed by atoms with Crippen LogP contribution in [-0.4, -0.2) is 174 Å². The van der Waals surface area contributed by atoms with E-state index in [-0.39, 0.29) is 96.8 Å². The quantitative estimate of drug-likeness (QED) is 0.0813. The Balaban J connectivity index is 0.000000143. The smallest absolute Gasteiger partial charge is 0.335 e. The number of carbonyl (C=O) groups excluding carboxylic acids is 2. The number of aliphatic hydroxyl groups excluding tert-OH is 2. The number of phenolic OH excluding ortho intramolecular Hbond substituents is 2. The highest BCUT2D eigenvalue weighted by Gasteiger charge is 2.65. The number of hydrogen-bond acceptors (Lipinski definition) is 25. The number of benzene rings is 6. The number of aryl methyl sites for hydroxylation is 2. The van der Waals surface area contributed by atoms with E-state index in [4.69, 9.17) is 52.5 Å². The van der Waals surface area contributed by atoms with Gasteiger partial charge in [-0.1, -0.05) is 48.5 Å². The molecular formula is C79H85N7O16S2. The van der Waals surface area contributed by atoms with Crippen molar-refractivity contribution in [2.24, 2.45) is 5.73 Å². The van der Waals surface area contributed by atoms with Crippen molar-refractivity contribution in [1.29, 1.82) is 0 Å². The van der Waals surface area contributed by atoms with Crippen molar-refractivity contribution in [2.75, 3.05) is 79.7 Å². The first kappa shape index (κ1) is 66.7. The summed E-state index contributed by atoms with van der Waals surface area (Å²) >= 11 is 3.31. The minimum atomic E-state index is -1.34. The molecule has 25 heteroatoms. The van der Waals surface area contributed by atoms with Crippen LogP contribution in [0.5, 0.6) is 46.0 Å².